The number of nitrogens with zero attached hydrogens (tertiary/aromatic N) is 2. The number of hydrogen-bond acceptors (Lipinski definition) is 3. The zero-order valence-electron chi connectivity index (χ0n) is 27.2. The molecule has 4 nitrogen and oxygen atoms in total. The molecule has 0 unspecified atom stereocenters. The van der Waals surface area contributed by atoms with Crippen LogP contribution in [-0.4, -0.2) is 56.4 Å². The quantitative estimate of drug-likeness (QED) is 0.117. The van der Waals surface area contributed by atoms with Crippen LogP contribution in [0.3, 0.4) is 0 Å². The summed E-state index contributed by atoms with van der Waals surface area (Å²) in [6, 6.07) is 27.1. The summed E-state index contributed by atoms with van der Waals surface area (Å²) in [6.45, 7) is -1.52. The van der Waals surface area contributed by atoms with Crippen molar-refractivity contribution in [1.29, 1.82) is 0 Å². The minimum atomic E-state index is -5.95. The van der Waals surface area contributed by atoms with Gasteiger partial charge < -0.3 is 13.8 Å². The van der Waals surface area contributed by atoms with Gasteiger partial charge >= 0.3 is 19.4 Å². The van der Waals surface area contributed by atoms with Gasteiger partial charge in [-0.2, -0.15) is 22.0 Å². The van der Waals surface area contributed by atoms with E-state index in [-0.39, 0.29) is 11.4 Å². The predicted octanol–water partition coefficient (Wildman–Crippen LogP) is 8.91. The highest BCUT2D eigenvalue weighted by Crippen LogP contribution is 2.41. The van der Waals surface area contributed by atoms with Gasteiger partial charge in [-0.05, 0) is 48.6 Å². The molecule has 0 spiro atoms. The molecule has 0 bridgehead atoms. The SMILES string of the molecule is BC(F)(F)COB(OCC(F)(F)C(F)(F)F)n1c(-c2ccccc2)cc(-c2ccccc2)c1/C=C1\N=C(c2ccc(C)cc2)C2=C1CCC=C2. The Kier molecular flexibility index (Phi) is 9.83. The van der Waals surface area contributed by atoms with Crippen molar-refractivity contribution in [1.82, 2.24) is 4.48 Å². The first-order valence-electron chi connectivity index (χ1n) is 15.9. The fourth-order valence-corrected chi connectivity index (χ4v) is 5.85. The van der Waals surface area contributed by atoms with Gasteiger partial charge in [0.25, 0.3) is 0 Å². The summed E-state index contributed by atoms with van der Waals surface area (Å²) in [5, 5.41) is 0. The van der Waals surface area contributed by atoms with Crippen LogP contribution in [0, 0.1) is 6.92 Å². The predicted molar refractivity (Wildman–Crippen MR) is 184 cm³/mol. The number of halogens is 7. The lowest BCUT2D eigenvalue weighted by Gasteiger charge is -2.25. The highest BCUT2D eigenvalue weighted by atomic mass is 19.4. The molecule has 0 radical (unpaired) electrons. The fourth-order valence-electron chi connectivity index (χ4n) is 5.85. The lowest BCUT2D eigenvalue weighted by atomic mass is 9.91. The van der Waals surface area contributed by atoms with Gasteiger partial charge in [0.05, 0.1) is 18.0 Å². The lowest BCUT2D eigenvalue weighted by molar-refractivity contribution is -0.291. The molecule has 2 heterocycles. The van der Waals surface area contributed by atoms with E-state index in [1.165, 1.54) is 4.48 Å². The van der Waals surface area contributed by atoms with Gasteiger partial charge in [0.2, 0.25) is 5.82 Å². The number of allylic oxidation sites excluding steroid dienone is 4. The highest BCUT2D eigenvalue weighted by Gasteiger charge is 2.58. The number of rotatable bonds is 11. The van der Waals surface area contributed by atoms with Gasteiger partial charge in [-0.15, -0.1) is 0 Å². The summed E-state index contributed by atoms with van der Waals surface area (Å²) in [4.78, 5) is 5.02. The Balaban J connectivity index is 1.61. The third kappa shape index (κ3) is 7.58. The standard InChI is InChI=1S/C37H31B2F7N2O2/c1-24-16-18-27(19-17-24)34-29-15-9-8-14-28(29)31(47-34)21-33-30(25-10-4-2-5-11-25)20-32(26-12-6-3-7-13-26)48(33)39(50-23-36(38,42)43)49-22-35(40,41)37(44,45)46/h2-7,9-13,15-21H,8,14,22-23,38H2,1H3/b31-21-. The van der Waals surface area contributed by atoms with E-state index in [2.05, 4.69) is 0 Å². The van der Waals surface area contributed by atoms with Gasteiger partial charge in [0.1, 0.15) is 6.61 Å². The minimum absolute atomic E-state index is 0.250. The van der Waals surface area contributed by atoms with Gasteiger partial charge in [0, 0.05) is 28.1 Å². The Labute approximate surface area is 286 Å². The molecule has 0 saturated heterocycles. The first kappa shape index (κ1) is 35.2. The second kappa shape index (κ2) is 14.0. The van der Waals surface area contributed by atoms with Gasteiger partial charge in [0.15, 0.2) is 7.85 Å². The number of hydrogen-bond donors (Lipinski definition) is 0. The number of benzene rings is 3. The summed E-state index contributed by atoms with van der Waals surface area (Å²) in [5.74, 6) is -8.76. The molecule has 6 rings (SSSR count). The molecular formula is C37H31B2F7N2O2. The van der Waals surface area contributed by atoms with Crippen LogP contribution in [0.15, 0.2) is 125 Å². The molecule has 50 heavy (non-hydrogen) atoms. The molecule has 1 aliphatic carbocycles. The normalized spacial score (nSPS) is 15.8. The molecule has 4 aromatic rings. The molecule has 0 atom stereocenters. The molecule has 3 aromatic carbocycles. The van der Waals surface area contributed by atoms with Crippen molar-refractivity contribution in [3.63, 3.8) is 0 Å². The summed E-state index contributed by atoms with van der Waals surface area (Å²) in [7, 11) is -1.58. The molecule has 2 aliphatic rings. The summed E-state index contributed by atoms with van der Waals surface area (Å²) >= 11 is 0. The van der Waals surface area contributed by atoms with Crippen molar-refractivity contribution < 1.29 is 40.0 Å². The van der Waals surface area contributed by atoms with E-state index in [4.69, 9.17) is 14.3 Å². The van der Waals surface area contributed by atoms with E-state index in [9.17, 15) is 30.7 Å². The van der Waals surface area contributed by atoms with E-state index in [0.717, 1.165) is 28.7 Å². The molecule has 256 valence electrons. The third-order valence-corrected chi connectivity index (χ3v) is 8.31. The second-order valence-corrected chi connectivity index (χ2v) is 12.3. The smallest absolute Gasteiger partial charge is 0.386 e. The van der Waals surface area contributed by atoms with Crippen molar-refractivity contribution in [2.24, 2.45) is 4.99 Å². The monoisotopic (exact) mass is 690 g/mol. The molecule has 0 saturated carbocycles. The van der Waals surface area contributed by atoms with Crippen molar-refractivity contribution in [3.8, 4) is 22.4 Å². The maximum absolute atomic E-state index is 14.3. The average molecular weight is 690 g/mol. The Bertz CT molecular complexity index is 1960. The molecule has 0 N–H and O–H groups in total. The van der Waals surface area contributed by atoms with Crippen LogP contribution in [0.5, 0.6) is 0 Å². The summed E-state index contributed by atoms with van der Waals surface area (Å²) in [5.41, 5.74) is 7.18. The van der Waals surface area contributed by atoms with Crippen molar-refractivity contribution in [2.75, 3.05) is 13.2 Å². The highest BCUT2D eigenvalue weighted by molar-refractivity contribution is 6.44. The van der Waals surface area contributed by atoms with E-state index in [1.807, 2.05) is 43.3 Å². The summed E-state index contributed by atoms with van der Waals surface area (Å²) in [6.07, 6.45) is 1.12. The number of aromatic nitrogens is 1. The van der Waals surface area contributed by atoms with Gasteiger partial charge in [-0.1, -0.05) is 103 Å². The Hall–Kier alpha value is -4.61. The first-order valence-corrected chi connectivity index (χ1v) is 15.9. The van der Waals surface area contributed by atoms with E-state index >= 15 is 0 Å². The third-order valence-electron chi connectivity index (χ3n) is 8.31. The van der Waals surface area contributed by atoms with Crippen molar-refractivity contribution in [3.05, 3.63) is 137 Å². The van der Waals surface area contributed by atoms with Crippen LogP contribution in [0.25, 0.3) is 28.5 Å². The van der Waals surface area contributed by atoms with Crippen LogP contribution >= 0.6 is 0 Å². The van der Waals surface area contributed by atoms with E-state index in [1.54, 1.807) is 72.8 Å². The maximum Gasteiger partial charge on any atom is 0.598 e. The van der Waals surface area contributed by atoms with Gasteiger partial charge in [-0.3, -0.25) is 0 Å². The number of aliphatic imine (C=N–C) groups is 1. The topological polar surface area (TPSA) is 35.8 Å². The first-order chi connectivity index (χ1) is 23.7. The minimum Gasteiger partial charge on any atom is -0.386 e. The number of aryl methyl sites for hydroxylation is 1. The lowest BCUT2D eigenvalue weighted by Crippen LogP contribution is -2.46. The molecule has 0 amide bonds. The van der Waals surface area contributed by atoms with Crippen LogP contribution in [0.2, 0.25) is 0 Å². The fraction of sp³-hybridized carbons (Fsp3) is 0.216. The zero-order valence-corrected chi connectivity index (χ0v) is 27.2. The molecule has 1 aliphatic heterocycles. The summed E-state index contributed by atoms with van der Waals surface area (Å²) < 4.78 is 109. The molecular weight excluding hydrogens is 659 g/mol. The molecule has 0 fully saturated rings. The molecule has 13 heteroatoms. The van der Waals surface area contributed by atoms with Crippen LogP contribution < -0.4 is 0 Å². The largest absolute Gasteiger partial charge is 0.598 e. The Morgan fingerprint density at radius 2 is 1.44 bits per heavy atom. The number of alkyl halides is 7. The average Bonchev–Trinajstić information content (AvgIpc) is 3.64. The maximum atomic E-state index is 14.3. The van der Waals surface area contributed by atoms with Crippen molar-refractivity contribution in [2.45, 2.75) is 37.7 Å². The van der Waals surface area contributed by atoms with E-state index < -0.39 is 38.4 Å². The Morgan fingerprint density at radius 3 is 2.06 bits per heavy atom. The van der Waals surface area contributed by atoms with Crippen LogP contribution in [0.4, 0.5) is 30.7 Å². The molecule has 1 aromatic heterocycles. The van der Waals surface area contributed by atoms with Crippen LogP contribution in [-0.2, 0) is 9.31 Å². The van der Waals surface area contributed by atoms with Gasteiger partial charge in [-0.25, -0.2) is 13.8 Å². The van der Waals surface area contributed by atoms with Crippen molar-refractivity contribution >= 4 is 26.9 Å². The second-order valence-electron chi connectivity index (χ2n) is 12.3. The Morgan fingerprint density at radius 1 is 0.820 bits per heavy atom. The zero-order chi connectivity index (χ0) is 35.7. The van der Waals surface area contributed by atoms with E-state index in [0.29, 0.717) is 42.4 Å². The van der Waals surface area contributed by atoms with Crippen LogP contribution in [0.1, 0.15) is 29.7 Å².